The molecule has 2 heterocycles. The zero-order chi connectivity index (χ0) is 38.7. The van der Waals surface area contributed by atoms with Crippen molar-refractivity contribution in [2.45, 2.75) is 138 Å². The zero-order valence-corrected chi connectivity index (χ0v) is 32.2. The average molecular weight is 779 g/mol. The van der Waals surface area contributed by atoms with Crippen LogP contribution in [0.15, 0.2) is 36.9 Å². The lowest BCUT2D eigenvalue weighted by atomic mass is 9.96. The van der Waals surface area contributed by atoms with Crippen LogP contribution in [0.2, 0.25) is 0 Å². The van der Waals surface area contributed by atoms with Gasteiger partial charge in [-0.05, 0) is 107 Å². The second-order valence-corrected chi connectivity index (χ2v) is 18.2. The van der Waals surface area contributed by atoms with E-state index in [9.17, 15) is 32.7 Å². The maximum absolute atomic E-state index is 14.3. The number of likely N-dealkylation sites (tertiary alicyclic amines) is 1. The number of carbonyl (C=O) groups is 4. The summed E-state index contributed by atoms with van der Waals surface area (Å²) in [4.78, 5) is 65.2. The molecule has 298 valence electrons. The lowest BCUT2D eigenvalue weighted by Gasteiger charge is -2.32. The summed E-state index contributed by atoms with van der Waals surface area (Å²) >= 11 is 0. The first-order valence-corrected chi connectivity index (χ1v) is 21.8. The van der Waals surface area contributed by atoms with Crippen molar-refractivity contribution in [3.05, 3.63) is 42.6 Å². The number of hydrogen-bond donors (Lipinski definition) is 4. The lowest BCUT2D eigenvalue weighted by Crippen LogP contribution is -2.59. The third kappa shape index (κ3) is 8.76. The number of hydrogen-bond acceptors (Lipinski definition) is 10. The number of fused-ring (bicyclic) bond motifs is 1. The van der Waals surface area contributed by atoms with E-state index in [0.29, 0.717) is 49.9 Å². The van der Waals surface area contributed by atoms with Crippen LogP contribution in [0.3, 0.4) is 0 Å². The Labute approximate surface area is 322 Å². The molecule has 5 aliphatic rings. The number of para-hydroxylation sites is 2. The summed E-state index contributed by atoms with van der Waals surface area (Å²) in [5, 5.41) is 15.5. The van der Waals surface area contributed by atoms with Crippen LogP contribution in [-0.2, 0) is 35.6 Å². The van der Waals surface area contributed by atoms with E-state index in [1.165, 1.54) is 11.0 Å². The van der Waals surface area contributed by atoms with Crippen molar-refractivity contribution in [1.82, 2.24) is 30.2 Å². The van der Waals surface area contributed by atoms with Crippen molar-refractivity contribution >= 4 is 44.9 Å². The summed E-state index contributed by atoms with van der Waals surface area (Å²) in [6.45, 7) is 4.09. The molecular weight excluding hydrogens is 725 g/mol. The normalized spacial score (nSPS) is 27.1. The highest BCUT2D eigenvalue weighted by atomic mass is 32.2. The summed E-state index contributed by atoms with van der Waals surface area (Å²) in [5.74, 6) is -1.95. The molecule has 6 atom stereocenters. The fourth-order valence-corrected chi connectivity index (χ4v) is 10.4. The molecule has 1 aromatic carbocycles. The fourth-order valence-electron chi connectivity index (χ4n) is 9.03. The van der Waals surface area contributed by atoms with Gasteiger partial charge in [0.25, 0.3) is 5.91 Å². The van der Waals surface area contributed by atoms with Crippen LogP contribution in [0.1, 0.15) is 108 Å². The highest BCUT2D eigenvalue weighted by Gasteiger charge is 2.61. The summed E-state index contributed by atoms with van der Waals surface area (Å²) in [6, 6.07) is 5.77. The number of sulfonamides is 1. The second-order valence-electron chi connectivity index (χ2n) is 16.3. The lowest BCUT2D eigenvalue weighted by molar-refractivity contribution is -0.142. The maximum Gasteiger partial charge on any atom is 0.408 e. The molecule has 4 N–H and O–H groups in total. The number of aryl methyl sites for hydroxylation is 1. The van der Waals surface area contributed by atoms with E-state index < -0.39 is 56.7 Å². The van der Waals surface area contributed by atoms with Crippen LogP contribution >= 0.6 is 0 Å². The van der Waals surface area contributed by atoms with E-state index in [0.717, 1.165) is 76.1 Å². The third-order valence-electron chi connectivity index (χ3n) is 12.5. The first-order chi connectivity index (χ1) is 26.5. The minimum atomic E-state index is -3.82. The van der Waals surface area contributed by atoms with Gasteiger partial charge >= 0.3 is 6.09 Å². The van der Waals surface area contributed by atoms with Gasteiger partial charge in [-0.2, -0.15) is 0 Å². The van der Waals surface area contributed by atoms with Crippen molar-refractivity contribution < 1.29 is 37.4 Å². The smallest absolute Gasteiger partial charge is 0.408 e. The monoisotopic (exact) mass is 778 g/mol. The van der Waals surface area contributed by atoms with Gasteiger partial charge in [0, 0.05) is 12.5 Å². The molecular formula is C40H54N6O8S. The number of alkyl carbamates (subject to hydrolysis) is 1. The molecule has 1 aliphatic heterocycles. The van der Waals surface area contributed by atoms with Crippen molar-refractivity contribution in [3.63, 3.8) is 0 Å². The van der Waals surface area contributed by atoms with Gasteiger partial charge < -0.3 is 25.4 Å². The van der Waals surface area contributed by atoms with Gasteiger partial charge in [-0.15, -0.1) is 6.58 Å². The molecule has 15 heteroatoms. The Morgan fingerprint density at radius 3 is 2.42 bits per heavy atom. The Hall–Kier alpha value is -4.27. The second kappa shape index (κ2) is 16.4. The van der Waals surface area contributed by atoms with Gasteiger partial charge in [-0.3, -0.25) is 19.1 Å². The van der Waals surface area contributed by atoms with Gasteiger partial charge in [0.15, 0.2) is 0 Å². The van der Waals surface area contributed by atoms with Crippen LogP contribution in [0.25, 0.3) is 11.0 Å². The van der Waals surface area contributed by atoms with Gasteiger partial charge in [-0.1, -0.05) is 43.9 Å². The van der Waals surface area contributed by atoms with E-state index in [2.05, 4.69) is 31.9 Å². The first-order valence-electron chi connectivity index (χ1n) is 20.2. The van der Waals surface area contributed by atoms with E-state index in [4.69, 9.17) is 4.74 Å². The summed E-state index contributed by atoms with van der Waals surface area (Å²) in [7, 11) is -3.82. The highest BCUT2D eigenvalue weighted by molar-refractivity contribution is 7.91. The molecule has 1 aromatic heterocycles. The Morgan fingerprint density at radius 2 is 1.71 bits per heavy atom. The Balaban J connectivity index is 0.922. The van der Waals surface area contributed by atoms with E-state index in [-0.39, 0.29) is 36.1 Å². The molecule has 55 heavy (non-hydrogen) atoms. The van der Waals surface area contributed by atoms with Crippen molar-refractivity contribution in [2.75, 3.05) is 6.54 Å². The topological polar surface area (TPSA) is 197 Å². The van der Waals surface area contributed by atoms with Gasteiger partial charge in [0.05, 0.1) is 16.3 Å². The minimum Gasteiger partial charge on any atom is -0.492 e. The van der Waals surface area contributed by atoms with Crippen LogP contribution in [0, 0.1) is 17.8 Å². The van der Waals surface area contributed by atoms with Gasteiger partial charge in [-0.25, -0.2) is 23.2 Å². The average Bonchev–Trinajstić information content (AvgIpc) is 3.92. The van der Waals surface area contributed by atoms with Gasteiger partial charge in [0.2, 0.25) is 27.7 Å². The van der Waals surface area contributed by atoms with Crippen molar-refractivity contribution in [2.24, 2.45) is 17.8 Å². The predicted octanol–water partition coefficient (Wildman–Crippen LogP) is 4.55. The highest BCUT2D eigenvalue weighted by Crippen LogP contribution is 2.45. The Bertz CT molecular complexity index is 1900. The minimum absolute atomic E-state index is 0.0249. The molecule has 14 nitrogen and oxygen atoms in total. The molecule has 2 aromatic rings. The molecule has 4 amide bonds. The van der Waals surface area contributed by atoms with Crippen LogP contribution < -0.4 is 15.4 Å². The molecule has 7 rings (SSSR count). The van der Waals surface area contributed by atoms with Crippen LogP contribution in [0.4, 0.5) is 4.79 Å². The standard InChI is InChI=1S/C40H54N6O8S/c1-2-27-24-40(27,38(50)45-55(52,53)28-21-22-28)44-36(48)32-19-11-23-46(32)37(49)34(26-13-6-7-14-26)43-39(51)54-33-20-10-15-25(33)12-4-3-5-18-31-35(47)42-30-17-9-8-16-29(30)41-31/h2,8-9,16-17,25-28,32-34H,1,3-7,10-15,18-24H2,(H,42,47)(H,43,51)(H,44,48)(H,45,50)/t25-,27+,32-,33-,34?,40+/m0/s1. The van der Waals surface area contributed by atoms with Crippen molar-refractivity contribution in [1.29, 1.82) is 0 Å². The number of benzene rings is 1. The van der Waals surface area contributed by atoms with Crippen LogP contribution in [0.5, 0.6) is 5.88 Å². The Kier molecular flexibility index (Phi) is 11.7. The van der Waals surface area contributed by atoms with Gasteiger partial charge in [0.1, 0.15) is 29.4 Å². The fraction of sp³-hybridized carbons (Fsp3) is 0.650. The SMILES string of the molecule is C=C[C@@H]1C[C@]1(NC(=O)[C@@H]1CCCN1C(=O)C(NC(=O)O[C@H]1CCC[C@@H]1CCCCCc1nc2ccccc2nc1O)C1CCCC1)C(=O)NS(=O)(=O)C1CC1. The maximum atomic E-state index is 14.3. The third-order valence-corrected chi connectivity index (χ3v) is 14.3. The van der Waals surface area contributed by atoms with Crippen molar-refractivity contribution in [3.8, 4) is 5.88 Å². The quantitative estimate of drug-likeness (QED) is 0.139. The molecule has 0 bridgehead atoms. The molecule has 5 fully saturated rings. The molecule has 4 saturated carbocycles. The Morgan fingerprint density at radius 1 is 0.964 bits per heavy atom. The summed E-state index contributed by atoms with van der Waals surface area (Å²) in [6.07, 6.45) is 13.2. The number of aromatic nitrogens is 2. The largest absolute Gasteiger partial charge is 0.492 e. The predicted molar refractivity (Wildman–Crippen MR) is 204 cm³/mol. The summed E-state index contributed by atoms with van der Waals surface area (Å²) in [5.41, 5.74) is 0.593. The first kappa shape index (κ1) is 39.0. The number of ether oxygens (including phenoxy) is 1. The molecule has 1 unspecified atom stereocenters. The number of aromatic hydroxyl groups is 1. The molecule has 0 radical (unpaired) electrons. The molecule has 0 spiro atoms. The number of nitrogens with zero attached hydrogens (tertiary/aromatic N) is 3. The number of nitrogens with one attached hydrogen (secondary N) is 3. The van der Waals surface area contributed by atoms with E-state index >= 15 is 0 Å². The number of rotatable bonds is 16. The summed E-state index contributed by atoms with van der Waals surface area (Å²) < 4.78 is 33.3. The number of amides is 4. The van der Waals surface area contributed by atoms with Crippen LogP contribution in [-0.4, -0.2) is 87.7 Å². The molecule has 1 saturated heterocycles. The van der Waals surface area contributed by atoms with E-state index in [1.54, 1.807) is 0 Å². The number of unbranched alkanes of at least 4 members (excludes halogenated alkanes) is 2. The van der Waals surface area contributed by atoms with E-state index in [1.807, 2.05) is 24.3 Å². The zero-order valence-electron chi connectivity index (χ0n) is 31.4. The molecule has 4 aliphatic carbocycles. The number of carbonyl (C=O) groups excluding carboxylic acids is 4.